The van der Waals surface area contributed by atoms with Crippen LogP contribution < -0.4 is 10.3 Å². The topological polar surface area (TPSA) is 85.2 Å². The van der Waals surface area contributed by atoms with Crippen LogP contribution in [0.3, 0.4) is 0 Å². The minimum atomic E-state index is -1.04. The molecular weight excluding hydrogens is 428 g/mol. The Kier molecular flexibility index (Phi) is 6.58. The Morgan fingerprint density at radius 2 is 1.91 bits per heavy atom. The van der Waals surface area contributed by atoms with Gasteiger partial charge in [0.1, 0.15) is 0 Å². The van der Waals surface area contributed by atoms with E-state index in [4.69, 9.17) is 11.6 Å². The number of amides is 1. The van der Waals surface area contributed by atoms with Crippen molar-refractivity contribution in [2.45, 2.75) is 19.9 Å². The van der Waals surface area contributed by atoms with E-state index in [-0.39, 0.29) is 11.6 Å². The molecule has 0 aromatic heterocycles. The number of nitrogens with zero attached hydrogens (tertiary/aromatic N) is 3. The van der Waals surface area contributed by atoms with Gasteiger partial charge in [-0.3, -0.25) is 14.5 Å². The van der Waals surface area contributed by atoms with E-state index >= 15 is 0 Å². The highest BCUT2D eigenvalue weighted by molar-refractivity contribution is 6.37. The first-order valence-corrected chi connectivity index (χ1v) is 11.0. The van der Waals surface area contributed by atoms with Gasteiger partial charge in [0, 0.05) is 31.9 Å². The van der Waals surface area contributed by atoms with Gasteiger partial charge in [0.05, 0.1) is 27.9 Å². The van der Waals surface area contributed by atoms with E-state index in [1.165, 1.54) is 10.6 Å². The Balaban J connectivity index is 1.72. The van der Waals surface area contributed by atoms with Crippen molar-refractivity contribution in [1.82, 2.24) is 10.2 Å². The predicted molar refractivity (Wildman–Crippen MR) is 125 cm³/mol. The average molecular weight is 453 g/mol. The van der Waals surface area contributed by atoms with Crippen LogP contribution in [-0.2, 0) is 16.1 Å². The van der Waals surface area contributed by atoms with Crippen LogP contribution in [0.25, 0.3) is 0 Å². The highest BCUT2D eigenvalue weighted by Gasteiger charge is 2.39. The summed E-state index contributed by atoms with van der Waals surface area (Å²) in [4.78, 5) is 27.6. The van der Waals surface area contributed by atoms with E-state index in [1.54, 1.807) is 31.2 Å². The number of hydrogen-bond donors (Lipinski definition) is 2. The number of aliphatic carboxylic acids is 1. The van der Waals surface area contributed by atoms with E-state index in [1.807, 2.05) is 18.2 Å². The van der Waals surface area contributed by atoms with Crippen molar-refractivity contribution in [1.29, 1.82) is 0 Å². The van der Waals surface area contributed by atoms with Gasteiger partial charge in [0.25, 0.3) is 5.91 Å². The largest absolute Gasteiger partial charge is 0.481 e. The minimum absolute atomic E-state index is 0.242. The maximum absolute atomic E-state index is 13.5. The summed E-state index contributed by atoms with van der Waals surface area (Å²) in [5, 5.41) is 19.1. The molecule has 7 nitrogen and oxygen atoms in total. The normalized spacial score (nSPS) is 20.5. The Hall–Kier alpha value is -3.16. The molecule has 1 unspecified atom stereocenters. The molecule has 32 heavy (non-hydrogen) atoms. The van der Waals surface area contributed by atoms with Gasteiger partial charge in [-0.1, -0.05) is 54.1 Å². The lowest BCUT2D eigenvalue weighted by Gasteiger charge is -2.22. The molecule has 8 heteroatoms. The van der Waals surface area contributed by atoms with Crippen LogP contribution in [0.5, 0.6) is 0 Å². The number of carbonyl (C=O) groups is 2. The van der Waals surface area contributed by atoms with Crippen LogP contribution in [0.2, 0.25) is 5.02 Å². The predicted octanol–water partition coefficient (Wildman–Crippen LogP) is 3.51. The molecule has 0 saturated carbocycles. The molecule has 2 aromatic rings. The van der Waals surface area contributed by atoms with Gasteiger partial charge in [0.2, 0.25) is 0 Å². The summed E-state index contributed by atoms with van der Waals surface area (Å²) in [6.07, 6.45) is 0.910. The number of hydrazone groups is 1. The highest BCUT2D eigenvalue weighted by atomic mass is 35.5. The van der Waals surface area contributed by atoms with E-state index in [9.17, 15) is 14.7 Å². The SMILES string of the molecule is CC(C(=O)O)C1=NN(c2ccccc2Cl)C(=O)C1=C1CN(Cc2ccccc2)CCCN1. The van der Waals surface area contributed by atoms with Crippen LogP contribution in [0.4, 0.5) is 5.69 Å². The lowest BCUT2D eigenvalue weighted by atomic mass is 9.96. The van der Waals surface area contributed by atoms with E-state index in [0.29, 0.717) is 35.1 Å². The summed E-state index contributed by atoms with van der Waals surface area (Å²) in [5.74, 6) is -2.35. The van der Waals surface area contributed by atoms with Crippen molar-refractivity contribution in [2.24, 2.45) is 11.0 Å². The number of benzene rings is 2. The molecule has 2 aliphatic rings. The molecule has 2 aromatic carbocycles. The maximum atomic E-state index is 13.5. The lowest BCUT2D eigenvalue weighted by molar-refractivity contribution is -0.138. The summed E-state index contributed by atoms with van der Waals surface area (Å²) in [7, 11) is 0. The molecule has 1 fully saturated rings. The van der Waals surface area contributed by atoms with E-state index in [2.05, 4.69) is 27.5 Å². The van der Waals surface area contributed by atoms with Gasteiger partial charge in [-0.25, -0.2) is 0 Å². The van der Waals surface area contributed by atoms with Crippen molar-refractivity contribution in [3.05, 3.63) is 76.5 Å². The number of para-hydroxylation sites is 1. The summed E-state index contributed by atoms with van der Waals surface area (Å²) < 4.78 is 0. The molecule has 2 heterocycles. The third-order valence-electron chi connectivity index (χ3n) is 5.65. The minimum Gasteiger partial charge on any atom is -0.481 e. The van der Waals surface area contributed by atoms with Crippen LogP contribution >= 0.6 is 11.6 Å². The fourth-order valence-corrected chi connectivity index (χ4v) is 4.17. The Morgan fingerprint density at radius 3 is 2.62 bits per heavy atom. The molecule has 166 valence electrons. The van der Waals surface area contributed by atoms with Gasteiger partial charge < -0.3 is 10.4 Å². The number of anilines is 1. The van der Waals surface area contributed by atoms with Gasteiger partial charge in [-0.2, -0.15) is 10.1 Å². The van der Waals surface area contributed by atoms with Gasteiger partial charge >= 0.3 is 5.97 Å². The molecule has 0 bridgehead atoms. The highest BCUT2D eigenvalue weighted by Crippen LogP contribution is 2.33. The zero-order chi connectivity index (χ0) is 22.7. The van der Waals surface area contributed by atoms with Crippen molar-refractivity contribution >= 4 is 34.9 Å². The first-order valence-electron chi connectivity index (χ1n) is 10.6. The van der Waals surface area contributed by atoms with E-state index < -0.39 is 11.9 Å². The van der Waals surface area contributed by atoms with Crippen LogP contribution in [0, 0.1) is 5.92 Å². The zero-order valence-corrected chi connectivity index (χ0v) is 18.5. The molecule has 1 amide bonds. The van der Waals surface area contributed by atoms with Crippen LogP contribution in [0.15, 0.2) is 71.0 Å². The smallest absolute Gasteiger partial charge is 0.312 e. The molecule has 4 rings (SSSR count). The Morgan fingerprint density at radius 1 is 1.19 bits per heavy atom. The average Bonchev–Trinajstić information content (AvgIpc) is 2.96. The number of nitrogens with one attached hydrogen (secondary N) is 1. The molecule has 2 N–H and O–H groups in total. The summed E-state index contributed by atoms with van der Waals surface area (Å²) in [6.45, 7) is 4.34. The number of carboxylic acids is 1. The molecule has 1 saturated heterocycles. The van der Waals surface area contributed by atoms with Crippen molar-refractivity contribution in [3.63, 3.8) is 0 Å². The van der Waals surface area contributed by atoms with Crippen molar-refractivity contribution in [3.8, 4) is 0 Å². The third-order valence-corrected chi connectivity index (χ3v) is 5.97. The molecule has 0 spiro atoms. The molecule has 2 aliphatic heterocycles. The van der Waals surface area contributed by atoms with Crippen molar-refractivity contribution in [2.75, 3.05) is 24.6 Å². The summed E-state index contributed by atoms with van der Waals surface area (Å²) in [6, 6.07) is 17.1. The van der Waals surface area contributed by atoms with Crippen LogP contribution in [0.1, 0.15) is 18.9 Å². The summed E-state index contributed by atoms with van der Waals surface area (Å²) in [5.41, 5.74) is 2.87. The molecule has 1 atom stereocenters. The number of hydrogen-bond acceptors (Lipinski definition) is 5. The quantitative estimate of drug-likeness (QED) is 0.678. The Labute approximate surface area is 192 Å². The lowest BCUT2D eigenvalue weighted by Crippen LogP contribution is -2.32. The zero-order valence-electron chi connectivity index (χ0n) is 17.8. The Bertz CT molecular complexity index is 1080. The number of carboxylic acid groups (broad SMARTS) is 1. The number of rotatable bonds is 5. The van der Waals surface area contributed by atoms with Gasteiger partial charge in [-0.05, 0) is 31.0 Å². The van der Waals surface area contributed by atoms with Crippen molar-refractivity contribution < 1.29 is 14.7 Å². The fraction of sp³-hybridized carbons (Fsp3) is 0.292. The number of carbonyl (C=O) groups excluding carboxylic acids is 1. The second-order valence-electron chi connectivity index (χ2n) is 7.94. The fourth-order valence-electron chi connectivity index (χ4n) is 3.95. The maximum Gasteiger partial charge on any atom is 0.312 e. The second-order valence-corrected chi connectivity index (χ2v) is 8.35. The summed E-state index contributed by atoms with van der Waals surface area (Å²) >= 11 is 6.31. The monoisotopic (exact) mass is 452 g/mol. The van der Waals surface area contributed by atoms with Gasteiger partial charge in [-0.15, -0.1) is 0 Å². The molecular formula is C24H25ClN4O3. The van der Waals surface area contributed by atoms with Crippen LogP contribution in [-0.4, -0.2) is 47.2 Å². The van der Waals surface area contributed by atoms with E-state index in [0.717, 1.165) is 19.5 Å². The molecule has 0 radical (unpaired) electrons. The third kappa shape index (κ3) is 4.54. The first-order chi connectivity index (χ1) is 15.5. The second kappa shape index (κ2) is 9.54. The molecule has 0 aliphatic carbocycles. The standard InChI is InChI=1S/C24H25ClN4O3/c1-16(24(31)32)22-21(23(30)29(27-22)20-11-6-5-10-18(20)25)19-15-28(13-7-12-26-19)14-17-8-3-2-4-9-17/h2-6,8-11,16,26H,7,12-15H2,1H3,(H,31,32). The first kappa shape index (κ1) is 22.0. The van der Waals surface area contributed by atoms with Gasteiger partial charge in [0.15, 0.2) is 0 Å². The number of halogens is 1.